The van der Waals surface area contributed by atoms with Crippen LogP contribution in [-0.2, 0) is 19.7 Å². The number of nitrogens with zero attached hydrogens (tertiary/aromatic N) is 2. The van der Waals surface area contributed by atoms with Crippen molar-refractivity contribution < 1.29 is 19.1 Å². The van der Waals surface area contributed by atoms with Gasteiger partial charge < -0.3 is 20.3 Å². The molecule has 2 N–H and O–H groups in total. The van der Waals surface area contributed by atoms with Crippen LogP contribution in [0.3, 0.4) is 0 Å². The van der Waals surface area contributed by atoms with Gasteiger partial charge in [0.2, 0.25) is 11.8 Å². The van der Waals surface area contributed by atoms with Crippen LogP contribution in [0, 0.1) is 5.92 Å². The molecule has 0 radical (unpaired) electrons. The second kappa shape index (κ2) is 12.9. The summed E-state index contributed by atoms with van der Waals surface area (Å²) in [6.07, 6.45) is 0.785. The molecule has 34 heavy (non-hydrogen) atoms. The van der Waals surface area contributed by atoms with Gasteiger partial charge in [-0.2, -0.15) is 0 Å². The highest BCUT2D eigenvalue weighted by Gasteiger charge is 2.31. The number of hydrogen-bond acceptors (Lipinski definition) is 5. The standard InChI is InChI=1S/C26H42N4O4/c1-19(2)23(28-24(32)20-8-10-21(11-9-20)26(3,4)5)25(33)30-15-13-29(14-16-30)18-22(31)27-12-7-17-34-6/h8-11,19,23H,7,12-18H2,1-6H3,(H,27,31)(H,28,32). The van der Waals surface area contributed by atoms with Crippen LogP contribution in [0.25, 0.3) is 0 Å². The van der Waals surface area contributed by atoms with Crippen molar-refractivity contribution in [2.45, 2.75) is 52.5 Å². The van der Waals surface area contributed by atoms with Crippen LogP contribution in [0.4, 0.5) is 0 Å². The van der Waals surface area contributed by atoms with E-state index in [4.69, 9.17) is 4.74 Å². The fourth-order valence-corrected chi connectivity index (χ4v) is 3.89. The lowest BCUT2D eigenvalue weighted by Gasteiger charge is -2.37. The maximum Gasteiger partial charge on any atom is 0.251 e. The van der Waals surface area contributed by atoms with Gasteiger partial charge in [-0.25, -0.2) is 0 Å². The number of hydrogen-bond donors (Lipinski definition) is 2. The van der Waals surface area contributed by atoms with E-state index in [0.717, 1.165) is 12.0 Å². The predicted octanol–water partition coefficient (Wildman–Crippen LogP) is 2.04. The summed E-state index contributed by atoms with van der Waals surface area (Å²) in [5.41, 5.74) is 1.72. The molecule has 0 aliphatic carbocycles. The summed E-state index contributed by atoms with van der Waals surface area (Å²) >= 11 is 0. The molecule has 0 aromatic heterocycles. The predicted molar refractivity (Wildman–Crippen MR) is 134 cm³/mol. The summed E-state index contributed by atoms with van der Waals surface area (Å²) in [6.45, 7) is 14.1. The number of methoxy groups -OCH3 is 1. The number of nitrogens with one attached hydrogen (secondary N) is 2. The van der Waals surface area contributed by atoms with Crippen LogP contribution in [0.1, 0.15) is 57.0 Å². The molecule has 1 fully saturated rings. The molecule has 1 unspecified atom stereocenters. The molecule has 8 nitrogen and oxygen atoms in total. The maximum absolute atomic E-state index is 13.2. The van der Waals surface area contributed by atoms with Crippen molar-refractivity contribution in [2.24, 2.45) is 5.92 Å². The van der Waals surface area contributed by atoms with Crippen molar-refractivity contribution in [3.8, 4) is 0 Å². The van der Waals surface area contributed by atoms with Crippen molar-refractivity contribution in [2.75, 3.05) is 53.0 Å². The Morgan fingerprint density at radius 1 is 1.03 bits per heavy atom. The van der Waals surface area contributed by atoms with Gasteiger partial charge in [0.05, 0.1) is 6.54 Å². The van der Waals surface area contributed by atoms with Crippen molar-refractivity contribution in [1.82, 2.24) is 20.4 Å². The summed E-state index contributed by atoms with van der Waals surface area (Å²) < 4.78 is 4.98. The van der Waals surface area contributed by atoms with Crippen molar-refractivity contribution in [1.29, 1.82) is 0 Å². The smallest absolute Gasteiger partial charge is 0.251 e. The number of carbonyl (C=O) groups is 3. The van der Waals surface area contributed by atoms with Crippen LogP contribution >= 0.6 is 0 Å². The molecule has 1 aliphatic heterocycles. The first-order valence-corrected chi connectivity index (χ1v) is 12.2. The fourth-order valence-electron chi connectivity index (χ4n) is 3.89. The van der Waals surface area contributed by atoms with Crippen molar-refractivity contribution >= 4 is 17.7 Å². The lowest BCUT2D eigenvalue weighted by Crippen LogP contribution is -2.57. The lowest BCUT2D eigenvalue weighted by molar-refractivity contribution is -0.136. The Morgan fingerprint density at radius 2 is 1.65 bits per heavy atom. The van der Waals surface area contributed by atoms with Crippen LogP contribution in [-0.4, -0.2) is 86.5 Å². The minimum atomic E-state index is -0.592. The van der Waals surface area contributed by atoms with Crippen molar-refractivity contribution in [3.63, 3.8) is 0 Å². The van der Waals surface area contributed by atoms with E-state index in [1.54, 1.807) is 12.0 Å². The van der Waals surface area contributed by atoms with Gasteiger partial charge in [-0.1, -0.05) is 46.8 Å². The van der Waals surface area contributed by atoms with Crippen LogP contribution in [0.2, 0.25) is 0 Å². The van der Waals surface area contributed by atoms with Gasteiger partial charge in [-0.3, -0.25) is 19.3 Å². The molecule has 0 saturated carbocycles. The zero-order valence-electron chi connectivity index (χ0n) is 21.6. The molecule has 1 aromatic rings. The molecular weight excluding hydrogens is 432 g/mol. The first kappa shape index (κ1) is 27.8. The van der Waals surface area contributed by atoms with E-state index in [0.29, 0.717) is 51.4 Å². The Bertz CT molecular complexity index is 809. The molecule has 2 rings (SSSR count). The number of rotatable bonds is 10. The zero-order chi connectivity index (χ0) is 25.3. The lowest BCUT2D eigenvalue weighted by atomic mass is 9.86. The molecule has 0 bridgehead atoms. The molecule has 0 spiro atoms. The number of amides is 3. The van der Waals surface area contributed by atoms with Crippen LogP contribution < -0.4 is 10.6 Å². The summed E-state index contributed by atoms with van der Waals surface area (Å²) in [5.74, 6) is -0.364. The highest BCUT2D eigenvalue weighted by atomic mass is 16.5. The van der Waals surface area contributed by atoms with Gasteiger partial charge >= 0.3 is 0 Å². The summed E-state index contributed by atoms with van der Waals surface area (Å²) in [7, 11) is 1.64. The highest BCUT2D eigenvalue weighted by Crippen LogP contribution is 2.22. The first-order valence-electron chi connectivity index (χ1n) is 12.2. The van der Waals surface area contributed by atoms with E-state index in [2.05, 4.69) is 36.3 Å². The van der Waals surface area contributed by atoms with E-state index in [9.17, 15) is 14.4 Å². The van der Waals surface area contributed by atoms with E-state index >= 15 is 0 Å². The number of piperazine rings is 1. The third-order valence-corrected chi connectivity index (χ3v) is 6.13. The number of benzene rings is 1. The molecule has 1 atom stereocenters. The largest absolute Gasteiger partial charge is 0.385 e. The van der Waals surface area contributed by atoms with E-state index in [1.165, 1.54) is 0 Å². The summed E-state index contributed by atoms with van der Waals surface area (Å²) in [4.78, 5) is 42.0. The third-order valence-electron chi connectivity index (χ3n) is 6.13. The molecule has 8 heteroatoms. The number of ether oxygens (including phenoxy) is 1. The molecule has 190 valence electrons. The van der Waals surface area contributed by atoms with Crippen LogP contribution in [0.15, 0.2) is 24.3 Å². The van der Waals surface area contributed by atoms with E-state index in [-0.39, 0.29) is 29.1 Å². The molecular formula is C26H42N4O4. The minimum absolute atomic E-state index is 0.0122. The SMILES string of the molecule is COCCCNC(=O)CN1CCN(C(=O)C(NC(=O)c2ccc(C(C)(C)C)cc2)C(C)C)CC1. The van der Waals surface area contributed by atoms with Crippen molar-refractivity contribution in [3.05, 3.63) is 35.4 Å². The monoisotopic (exact) mass is 474 g/mol. The first-order chi connectivity index (χ1) is 16.0. The van der Waals surface area contributed by atoms with Gasteiger partial charge in [0, 0.05) is 52.0 Å². The summed E-state index contributed by atoms with van der Waals surface area (Å²) in [5, 5.41) is 5.84. The zero-order valence-corrected chi connectivity index (χ0v) is 21.6. The molecule has 1 aliphatic rings. The highest BCUT2D eigenvalue weighted by molar-refractivity contribution is 5.97. The summed E-state index contributed by atoms with van der Waals surface area (Å²) in [6, 6.07) is 6.97. The van der Waals surface area contributed by atoms with Gasteiger partial charge in [0.25, 0.3) is 5.91 Å². The normalized spacial score (nSPS) is 15.8. The Balaban J connectivity index is 1.88. The molecule has 3 amide bonds. The average molecular weight is 475 g/mol. The molecule has 1 heterocycles. The third kappa shape index (κ3) is 8.40. The van der Waals surface area contributed by atoms with Gasteiger partial charge in [-0.05, 0) is 35.4 Å². The van der Waals surface area contributed by atoms with Gasteiger partial charge in [0.15, 0.2) is 0 Å². The minimum Gasteiger partial charge on any atom is -0.385 e. The second-order valence-electron chi connectivity index (χ2n) is 10.3. The number of carbonyl (C=O) groups excluding carboxylic acids is 3. The Labute approximate surface area is 204 Å². The quantitative estimate of drug-likeness (QED) is 0.507. The van der Waals surface area contributed by atoms with Crippen LogP contribution in [0.5, 0.6) is 0 Å². The molecule has 1 aromatic carbocycles. The Morgan fingerprint density at radius 3 is 2.18 bits per heavy atom. The topological polar surface area (TPSA) is 91.0 Å². The maximum atomic E-state index is 13.2. The van der Waals surface area contributed by atoms with E-state index < -0.39 is 6.04 Å². The van der Waals surface area contributed by atoms with E-state index in [1.807, 2.05) is 38.1 Å². The Kier molecular flexibility index (Phi) is 10.5. The van der Waals surface area contributed by atoms with Gasteiger partial charge in [0.1, 0.15) is 6.04 Å². The Hall–Kier alpha value is -2.45. The molecule has 1 saturated heterocycles. The fraction of sp³-hybridized carbons (Fsp3) is 0.654. The second-order valence-corrected chi connectivity index (χ2v) is 10.3. The van der Waals surface area contributed by atoms with Gasteiger partial charge in [-0.15, -0.1) is 0 Å². The average Bonchev–Trinajstić information content (AvgIpc) is 2.79.